The Hall–Kier alpha value is -2.34. The van der Waals surface area contributed by atoms with Gasteiger partial charge in [0.1, 0.15) is 5.69 Å². The van der Waals surface area contributed by atoms with Gasteiger partial charge in [-0.3, -0.25) is 14.8 Å². The Labute approximate surface area is 116 Å². The van der Waals surface area contributed by atoms with Crippen molar-refractivity contribution in [1.82, 2.24) is 20.3 Å². The second kappa shape index (κ2) is 7.30. The molecule has 0 radical (unpaired) electrons. The molecule has 2 N–H and O–H groups in total. The molecule has 1 unspecified atom stereocenters. The van der Waals surface area contributed by atoms with Crippen LogP contribution in [0.2, 0.25) is 0 Å². The minimum absolute atomic E-state index is 0.0165. The minimum Gasteiger partial charge on any atom is -0.396 e. The van der Waals surface area contributed by atoms with Gasteiger partial charge in [-0.05, 0) is 18.6 Å². The monoisotopic (exact) mass is 272 g/mol. The lowest BCUT2D eigenvalue weighted by Crippen LogP contribution is -2.32. The number of aliphatic hydroxyl groups is 1. The van der Waals surface area contributed by atoms with Gasteiger partial charge in [0, 0.05) is 43.4 Å². The minimum atomic E-state index is -0.294. The summed E-state index contributed by atoms with van der Waals surface area (Å²) >= 11 is 0. The van der Waals surface area contributed by atoms with E-state index in [2.05, 4.69) is 20.3 Å². The van der Waals surface area contributed by atoms with E-state index in [1.807, 2.05) is 18.2 Å². The van der Waals surface area contributed by atoms with Gasteiger partial charge in [-0.25, -0.2) is 4.98 Å². The van der Waals surface area contributed by atoms with Gasteiger partial charge in [0.05, 0.1) is 6.20 Å². The molecule has 0 aromatic carbocycles. The fourth-order valence-electron chi connectivity index (χ4n) is 1.76. The molecule has 0 saturated heterocycles. The molecule has 6 heteroatoms. The summed E-state index contributed by atoms with van der Waals surface area (Å²) in [5.41, 5.74) is 1.15. The standard InChI is InChI=1S/C14H16N4O2/c19-10-11(7-12-3-1-2-4-16-12)8-18-14(20)13-9-15-5-6-17-13/h1-6,9,11,19H,7-8,10H2,(H,18,20). The second-order valence-corrected chi connectivity index (χ2v) is 4.37. The predicted molar refractivity (Wildman–Crippen MR) is 72.9 cm³/mol. The van der Waals surface area contributed by atoms with E-state index in [1.54, 1.807) is 6.20 Å². The summed E-state index contributed by atoms with van der Waals surface area (Å²) in [4.78, 5) is 23.8. The molecule has 0 spiro atoms. The summed E-state index contributed by atoms with van der Waals surface area (Å²) in [6.07, 6.45) is 6.70. The highest BCUT2D eigenvalue weighted by Crippen LogP contribution is 2.05. The zero-order chi connectivity index (χ0) is 14.2. The molecule has 104 valence electrons. The number of carbonyl (C=O) groups excluding carboxylic acids is 1. The van der Waals surface area contributed by atoms with Crippen molar-refractivity contribution >= 4 is 5.91 Å². The zero-order valence-electron chi connectivity index (χ0n) is 10.9. The maximum absolute atomic E-state index is 11.8. The van der Waals surface area contributed by atoms with Gasteiger partial charge in [-0.2, -0.15) is 0 Å². The summed E-state index contributed by atoms with van der Waals surface area (Å²) in [5, 5.41) is 12.1. The lowest BCUT2D eigenvalue weighted by Gasteiger charge is -2.14. The Balaban J connectivity index is 1.86. The molecule has 20 heavy (non-hydrogen) atoms. The first kappa shape index (κ1) is 14.1. The normalized spacial score (nSPS) is 11.8. The van der Waals surface area contributed by atoms with Crippen LogP contribution in [-0.2, 0) is 6.42 Å². The van der Waals surface area contributed by atoms with Gasteiger partial charge in [-0.1, -0.05) is 6.07 Å². The van der Waals surface area contributed by atoms with E-state index in [-0.39, 0.29) is 24.1 Å². The summed E-state index contributed by atoms with van der Waals surface area (Å²) < 4.78 is 0. The van der Waals surface area contributed by atoms with Crippen LogP contribution in [0.5, 0.6) is 0 Å². The SMILES string of the molecule is O=C(NCC(CO)Cc1ccccn1)c1cnccn1. The van der Waals surface area contributed by atoms with Crippen LogP contribution in [0, 0.1) is 5.92 Å². The summed E-state index contributed by atoms with van der Waals surface area (Å²) in [6, 6.07) is 5.63. The summed E-state index contributed by atoms with van der Waals surface area (Å²) in [5.74, 6) is -0.372. The van der Waals surface area contributed by atoms with Gasteiger partial charge in [0.2, 0.25) is 0 Å². The van der Waals surface area contributed by atoms with E-state index in [9.17, 15) is 9.90 Å². The van der Waals surface area contributed by atoms with E-state index in [4.69, 9.17) is 0 Å². The fourth-order valence-corrected chi connectivity index (χ4v) is 1.76. The molecular weight excluding hydrogens is 256 g/mol. The number of hydrogen-bond acceptors (Lipinski definition) is 5. The molecule has 0 saturated carbocycles. The topological polar surface area (TPSA) is 88.0 Å². The van der Waals surface area contributed by atoms with Crippen molar-refractivity contribution in [3.63, 3.8) is 0 Å². The van der Waals surface area contributed by atoms with E-state index in [0.717, 1.165) is 5.69 Å². The van der Waals surface area contributed by atoms with Crippen molar-refractivity contribution in [3.05, 3.63) is 54.4 Å². The maximum atomic E-state index is 11.8. The Morgan fingerprint density at radius 3 is 2.80 bits per heavy atom. The van der Waals surface area contributed by atoms with E-state index < -0.39 is 0 Å². The van der Waals surface area contributed by atoms with E-state index in [1.165, 1.54) is 18.6 Å². The van der Waals surface area contributed by atoms with Crippen molar-refractivity contribution in [2.75, 3.05) is 13.2 Å². The molecule has 2 rings (SSSR count). The Bertz CT molecular complexity index is 533. The van der Waals surface area contributed by atoms with Gasteiger partial charge in [0.15, 0.2) is 0 Å². The molecule has 6 nitrogen and oxygen atoms in total. The number of aliphatic hydroxyl groups excluding tert-OH is 1. The van der Waals surface area contributed by atoms with Crippen LogP contribution < -0.4 is 5.32 Å². The van der Waals surface area contributed by atoms with Crippen LogP contribution in [0.1, 0.15) is 16.2 Å². The molecule has 0 fully saturated rings. The van der Waals surface area contributed by atoms with Gasteiger partial charge in [0.25, 0.3) is 5.91 Å². The lowest BCUT2D eigenvalue weighted by atomic mass is 10.0. The van der Waals surface area contributed by atoms with Crippen molar-refractivity contribution < 1.29 is 9.90 Å². The van der Waals surface area contributed by atoms with Crippen molar-refractivity contribution in [2.45, 2.75) is 6.42 Å². The van der Waals surface area contributed by atoms with Crippen LogP contribution in [0.15, 0.2) is 43.0 Å². The summed E-state index contributed by atoms with van der Waals surface area (Å²) in [7, 11) is 0. The number of aromatic nitrogens is 3. The van der Waals surface area contributed by atoms with Crippen LogP contribution in [0.3, 0.4) is 0 Å². The first-order chi connectivity index (χ1) is 9.79. The largest absolute Gasteiger partial charge is 0.396 e. The maximum Gasteiger partial charge on any atom is 0.271 e. The smallest absolute Gasteiger partial charge is 0.271 e. The number of amides is 1. The van der Waals surface area contributed by atoms with Crippen LogP contribution >= 0.6 is 0 Å². The zero-order valence-corrected chi connectivity index (χ0v) is 10.9. The number of nitrogens with one attached hydrogen (secondary N) is 1. The fraction of sp³-hybridized carbons (Fsp3) is 0.286. The van der Waals surface area contributed by atoms with E-state index in [0.29, 0.717) is 13.0 Å². The first-order valence-electron chi connectivity index (χ1n) is 6.34. The highest BCUT2D eigenvalue weighted by molar-refractivity contribution is 5.91. The second-order valence-electron chi connectivity index (χ2n) is 4.37. The predicted octanol–water partition coefficient (Wildman–Crippen LogP) is 0.453. The third-order valence-corrected chi connectivity index (χ3v) is 2.83. The number of nitrogens with zero attached hydrogens (tertiary/aromatic N) is 3. The van der Waals surface area contributed by atoms with Gasteiger partial charge in [-0.15, -0.1) is 0 Å². The quantitative estimate of drug-likeness (QED) is 0.797. The summed E-state index contributed by atoms with van der Waals surface area (Å²) in [6.45, 7) is 0.347. The van der Waals surface area contributed by atoms with Crippen molar-refractivity contribution in [1.29, 1.82) is 0 Å². The van der Waals surface area contributed by atoms with Gasteiger partial charge < -0.3 is 10.4 Å². The van der Waals surface area contributed by atoms with Crippen LogP contribution in [0.25, 0.3) is 0 Å². The van der Waals surface area contributed by atoms with Crippen LogP contribution in [0.4, 0.5) is 0 Å². The van der Waals surface area contributed by atoms with Crippen molar-refractivity contribution in [3.8, 4) is 0 Å². The highest BCUT2D eigenvalue weighted by Gasteiger charge is 2.12. The molecule has 2 heterocycles. The molecule has 0 aliphatic carbocycles. The molecule has 1 atom stereocenters. The molecule has 0 aliphatic rings. The number of carbonyl (C=O) groups is 1. The van der Waals surface area contributed by atoms with Crippen LogP contribution in [-0.4, -0.2) is 39.1 Å². The first-order valence-corrected chi connectivity index (χ1v) is 6.34. The Morgan fingerprint density at radius 1 is 1.25 bits per heavy atom. The van der Waals surface area contributed by atoms with Gasteiger partial charge >= 0.3 is 0 Å². The highest BCUT2D eigenvalue weighted by atomic mass is 16.3. The number of rotatable bonds is 6. The molecule has 0 bridgehead atoms. The molecule has 2 aromatic rings. The Morgan fingerprint density at radius 2 is 2.15 bits per heavy atom. The Kier molecular flexibility index (Phi) is 5.14. The third kappa shape index (κ3) is 4.10. The lowest BCUT2D eigenvalue weighted by molar-refractivity contribution is 0.0934. The third-order valence-electron chi connectivity index (χ3n) is 2.83. The average Bonchev–Trinajstić information content (AvgIpc) is 2.53. The van der Waals surface area contributed by atoms with Crippen molar-refractivity contribution in [2.24, 2.45) is 5.92 Å². The molecule has 1 amide bonds. The van der Waals surface area contributed by atoms with E-state index >= 15 is 0 Å². The molecule has 0 aliphatic heterocycles. The number of hydrogen-bond donors (Lipinski definition) is 2. The number of pyridine rings is 1. The average molecular weight is 272 g/mol. The molecule has 2 aromatic heterocycles. The molecular formula is C14H16N4O2.